The summed E-state index contributed by atoms with van der Waals surface area (Å²) in [4.78, 5) is 22.4. The second kappa shape index (κ2) is 19.8. The van der Waals surface area contributed by atoms with E-state index in [0.717, 1.165) is 79.7 Å². The lowest BCUT2D eigenvalue weighted by Gasteiger charge is -2.60. The first-order chi connectivity index (χ1) is 25.5. The summed E-state index contributed by atoms with van der Waals surface area (Å²) in [5, 5.41) is 24.4. The number of allylic oxidation sites excluding steroid dienone is 1. The molecule has 0 radical (unpaired) electrons. The van der Waals surface area contributed by atoms with Crippen molar-refractivity contribution in [2.24, 2.45) is 28.8 Å². The molecule has 1 heterocycles. The van der Waals surface area contributed by atoms with Crippen LogP contribution >= 0.6 is 0 Å². The highest BCUT2D eigenvalue weighted by molar-refractivity contribution is 6.03. The third-order valence-electron chi connectivity index (χ3n) is 11.7. The van der Waals surface area contributed by atoms with E-state index in [1.165, 1.54) is 25.7 Å². The summed E-state index contributed by atoms with van der Waals surface area (Å²) >= 11 is 0. The summed E-state index contributed by atoms with van der Waals surface area (Å²) in [6.07, 6.45) is 18.5. The van der Waals surface area contributed by atoms with E-state index in [4.69, 9.17) is 24.2 Å². The molecule has 1 aromatic carbocycles. The standard InChI is InChI=1S/C43H64N2O7/c1-5-23-45(40(48)22-19-31-15-9-10-16-31)39-30-37(44-51-8-4)35-28-32(17-11-13-24-46)34(18-12-14-25-47)41-36-29-33(49-26-6-2)20-21-38(36)52-43(39,42(35)41)50-27-7-3/h6-7,20-21,28-29,31-32,34,39,41-42,46-47H,2-3,5,8-19,22-27,30H2,1,4H3/t32-,34+,39-,41+,42+,43+/m0/s1. The Morgan fingerprint density at radius 1 is 1.04 bits per heavy atom. The second-order valence-electron chi connectivity index (χ2n) is 15.1. The van der Waals surface area contributed by atoms with Crippen molar-refractivity contribution >= 4 is 11.6 Å². The zero-order chi connectivity index (χ0) is 36.9. The van der Waals surface area contributed by atoms with Crippen molar-refractivity contribution in [1.29, 1.82) is 0 Å². The number of benzene rings is 1. The minimum absolute atomic E-state index is 0.0645. The molecule has 0 saturated heterocycles. The van der Waals surface area contributed by atoms with Crippen molar-refractivity contribution in [2.75, 3.05) is 39.6 Å². The van der Waals surface area contributed by atoms with Gasteiger partial charge in [-0.1, -0.05) is 75.4 Å². The van der Waals surface area contributed by atoms with Crippen LogP contribution in [0.4, 0.5) is 0 Å². The average molecular weight is 721 g/mol. The van der Waals surface area contributed by atoms with E-state index in [1.807, 2.05) is 24.0 Å². The van der Waals surface area contributed by atoms with Crippen LogP contribution in [0.1, 0.15) is 115 Å². The monoisotopic (exact) mass is 720 g/mol. The topological polar surface area (TPSA) is 110 Å². The second-order valence-corrected chi connectivity index (χ2v) is 15.1. The van der Waals surface area contributed by atoms with Crippen LogP contribution in [-0.4, -0.2) is 78.1 Å². The number of aliphatic hydroxyl groups is 2. The molecule has 288 valence electrons. The van der Waals surface area contributed by atoms with Gasteiger partial charge in [-0.05, 0) is 87.0 Å². The van der Waals surface area contributed by atoms with Gasteiger partial charge in [0.05, 0.1) is 18.2 Å². The normalized spacial score (nSPS) is 27.3. The highest BCUT2D eigenvalue weighted by atomic mass is 16.7. The molecule has 1 aromatic rings. The molecule has 1 aliphatic heterocycles. The summed E-state index contributed by atoms with van der Waals surface area (Å²) in [7, 11) is 0. The number of oxime groups is 1. The van der Waals surface area contributed by atoms with Gasteiger partial charge in [0.1, 0.15) is 30.8 Å². The molecule has 0 bridgehead atoms. The Bertz CT molecular complexity index is 1390. The fourth-order valence-electron chi connectivity index (χ4n) is 9.50. The molecule has 2 fully saturated rings. The number of hydrogen-bond acceptors (Lipinski definition) is 8. The molecule has 6 atom stereocenters. The molecule has 0 spiro atoms. The van der Waals surface area contributed by atoms with Crippen molar-refractivity contribution in [1.82, 2.24) is 4.90 Å². The number of rotatable bonds is 22. The third kappa shape index (κ3) is 8.96. The van der Waals surface area contributed by atoms with E-state index in [0.29, 0.717) is 38.5 Å². The molecule has 0 unspecified atom stereocenters. The van der Waals surface area contributed by atoms with Crippen LogP contribution in [0.15, 0.2) is 60.3 Å². The van der Waals surface area contributed by atoms with Crippen LogP contribution < -0.4 is 9.47 Å². The quantitative estimate of drug-likeness (QED) is 0.0708. The summed E-state index contributed by atoms with van der Waals surface area (Å²) in [6.45, 7) is 13.9. The van der Waals surface area contributed by atoms with Crippen LogP contribution in [0.2, 0.25) is 0 Å². The fraction of sp³-hybridized carbons (Fsp3) is 0.674. The fourth-order valence-corrected chi connectivity index (χ4v) is 9.50. The molecule has 1 amide bonds. The maximum absolute atomic E-state index is 14.5. The summed E-state index contributed by atoms with van der Waals surface area (Å²) in [6, 6.07) is 5.60. The Kier molecular flexibility index (Phi) is 15.2. The molecule has 2 saturated carbocycles. The molecular formula is C43H64N2O7. The van der Waals surface area contributed by atoms with E-state index in [-0.39, 0.29) is 49.4 Å². The molecule has 9 nitrogen and oxygen atoms in total. The molecule has 3 aliphatic carbocycles. The van der Waals surface area contributed by atoms with Crippen LogP contribution in [0.25, 0.3) is 0 Å². The Morgan fingerprint density at radius 2 is 1.79 bits per heavy atom. The summed E-state index contributed by atoms with van der Waals surface area (Å²) in [5.74, 6) is 1.01. The minimum atomic E-state index is -1.21. The third-order valence-corrected chi connectivity index (χ3v) is 11.7. The van der Waals surface area contributed by atoms with Crippen molar-refractivity contribution in [2.45, 2.75) is 121 Å². The number of fused-ring (bicyclic) bond motifs is 2. The van der Waals surface area contributed by atoms with Crippen LogP contribution in [0.3, 0.4) is 0 Å². The van der Waals surface area contributed by atoms with Crippen molar-refractivity contribution in [3.8, 4) is 11.5 Å². The van der Waals surface area contributed by atoms with Gasteiger partial charge in [-0.15, -0.1) is 6.58 Å². The first-order valence-corrected chi connectivity index (χ1v) is 20.2. The van der Waals surface area contributed by atoms with Gasteiger partial charge in [0, 0.05) is 44.1 Å². The SMILES string of the molecule is C=CCOc1ccc2c(c1)[C@H]1[C@H](CCCCO)[C@@H](CCCCO)C=C3C(=NOCC)C[C@H](N(CCC)C(=O)CCC4CCCC4)[C@@](OCC=C)(O2)[C@H]31. The predicted octanol–water partition coefficient (Wildman–Crippen LogP) is 8.11. The van der Waals surface area contributed by atoms with Gasteiger partial charge in [-0.2, -0.15) is 0 Å². The van der Waals surface area contributed by atoms with Gasteiger partial charge < -0.3 is 34.2 Å². The number of aliphatic hydroxyl groups excluding tert-OH is 2. The lowest BCUT2D eigenvalue weighted by Crippen LogP contribution is -2.70. The van der Waals surface area contributed by atoms with Gasteiger partial charge in [0.25, 0.3) is 0 Å². The van der Waals surface area contributed by atoms with E-state index in [2.05, 4.69) is 32.2 Å². The number of ether oxygens (including phenoxy) is 3. The van der Waals surface area contributed by atoms with E-state index in [1.54, 1.807) is 12.2 Å². The highest BCUT2D eigenvalue weighted by Crippen LogP contribution is 2.62. The first kappa shape index (κ1) is 40.1. The molecule has 0 aromatic heterocycles. The Hall–Kier alpha value is -3.14. The van der Waals surface area contributed by atoms with E-state index >= 15 is 0 Å². The van der Waals surface area contributed by atoms with E-state index in [9.17, 15) is 15.0 Å². The van der Waals surface area contributed by atoms with Gasteiger partial charge in [0.2, 0.25) is 11.7 Å². The van der Waals surface area contributed by atoms with Crippen molar-refractivity contribution in [3.63, 3.8) is 0 Å². The maximum Gasteiger partial charge on any atom is 0.239 e. The molecule has 52 heavy (non-hydrogen) atoms. The highest BCUT2D eigenvalue weighted by Gasteiger charge is 2.65. The van der Waals surface area contributed by atoms with E-state index < -0.39 is 11.8 Å². The van der Waals surface area contributed by atoms with Crippen LogP contribution in [-0.2, 0) is 14.4 Å². The smallest absolute Gasteiger partial charge is 0.239 e. The zero-order valence-electron chi connectivity index (χ0n) is 31.8. The van der Waals surface area contributed by atoms with Crippen molar-refractivity contribution in [3.05, 3.63) is 60.7 Å². The number of unbranched alkanes of at least 4 members (excludes halogenated alkanes) is 2. The molecule has 9 heteroatoms. The molecule has 2 N–H and O–H groups in total. The number of hydrogen-bond donors (Lipinski definition) is 2. The first-order valence-electron chi connectivity index (χ1n) is 20.2. The molecular weight excluding hydrogens is 656 g/mol. The molecule has 5 rings (SSSR count). The number of carbonyl (C=O) groups excluding carboxylic acids is 1. The molecule has 4 aliphatic rings. The maximum atomic E-state index is 14.5. The average Bonchev–Trinajstić information content (AvgIpc) is 3.69. The summed E-state index contributed by atoms with van der Waals surface area (Å²) in [5.41, 5.74) is 2.96. The van der Waals surface area contributed by atoms with Crippen LogP contribution in [0, 0.1) is 23.7 Å². The lowest BCUT2D eigenvalue weighted by atomic mass is 9.55. The summed E-state index contributed by atoms with van der Waals surface area (Å²) < 4.78 is 20.5. The van der Waals surface area contributed by atoms with Gasteiger partial charge >= 0.3 is 0 Å². The minimum Gasteiger partial charge on any atom is -0.490 e. The largest absolute Gasteiger partial charge is 0.490 e. The van der Waals surface area contributed by atoms with Gasteiger partial charge in [0.15, 0.2) is 0 Å². The number of nitrogens with zero attached hydrogens (tertiary/aromatic N) is 2. The van der Waals surface area contributed by atoms with Gasteiger partial charge in [-0.25, -0.2) is 0 Å². The van der Waals surface area contributed by atoms with Crippen LogP contribution in [0.5, 0.6) is 11.5 Å². The van der Waals surface area contributed by atoms with Crippen molar-refractivity contribution < 1.29 is 34.1 Å². The van der Waals surface area contributed by atoms with Gasteiger partial charge in [-0.3, -0.25) is 4.79 Å². The predicted molar refractivity (Wildman–Crippen MR) is 205 cm³/mol. The number of amides is 1. The Morgan fingerprint density at radius 3 is 2.48 bits per heavy atom. The number of carbonyl (C=O) groups is 1. The Balaban J connectivity index is 1.71. The Labute approximate surface area is 312 Å². The zero-order valence-corrected chi connectivity index (χ0v) is 31.8. The lowest BCUT2D eigenvalue weighted by molar-refractivity contribution is -0.257.